The highest BCUT2D eigenvalue weighted by molar-refractivity contribution is 5.81. The highest BCUT2D eigenvalue weighted by Crippen LogP contribution is 2.50. The van der Waals surface area contributed by atoms with Crippen LogP contribution in [0.4, 0.5) is 19.0 Å². The van der Waals surface area contributed by atoms with E-state index in [0.717, 1.165) is 17.2 Å². The Morgan fingerprint density at radius 3 is 2.76 bits per heavy atom. The van der Waals surface area contributed by atoms with E-state index in [-0.39, 0.29) is 17.0 Å². The molecule has 1 unspecified atom stereocenters. The van der Waals surface area contributed by atoms with Gasteiger partial charge in [-0.1, -0.05) is 5.11 Å². The zero-order valence-corrected chi connectivity index (χ0v) is 12.2. The van der Waals surface area contributed by atoms with Crippen molar-refractivity contribution in [3.63, 3.8) is 0 Å². The van der Waals surface area contributed by atoms with E-state index >= 15 is 0 Å². The van der Waals surface area contributed by atoms with Gasteiger partial charge in [-0.2, -0.15) is 13.2 Å². The Bertz CT molecular complexity index is 851. The molecule has 0 aromatic carbocycles. The Hall–Kier alpha value is -2.67. The zero-order valence-electron chi connectivity index (χ0n) is 12.2. The minimum Gasteiger partial charge on any atom is -0.393 e. The Balaban J connectivity index is 2.18. The van der Waals surface area contributed by atoms with Gasteiger partial charge in [0.15, 0.2) is 23.4 Å². The molecular formula is C11H11F3N8O3. The molecule has 1 aliphatic rings. The number of aliphatic hydroxyl groups is 2. The molecule has 14 heteroatoms. The highest BCUT2D eigenvalue weighted by Gasteiger charge is 2.64. The topological polar surface area (TPSA) is 168 Å². The number of halogens is 3. The molecule has 0 aliphatic carbocycles. The number of azide groups is 1. The smallest absolute Gasteiger partial charge is 0.393 e. The molecule has 0 amide bonds. The van der Waals surface area contributed by atoms with Crippen molar-refractivity contribution in [2.45, 2.75) is 24.2 Å². The number of hydrogen-bond acceptors (Lipinski definition) is 8. The van der Waals surface area contributed by atoms with Crippen molar-refractivity contribution in [3.8, 4) is 0 Å². The summed E-state index contributed by atoms with van der Waals surface area (Å²) >= 11 is 0. The van der Waals surface area contributed by atoms with Crippen LogP contribution >= 0.6 is 0 Å². The molecule has 11 nitrogen and oxygen atoms in total. The number of aliphatic hydroxyl groups excluding tert-OH is 2. The van der Waals surface area contributed by atoms with E-state index in [1.165, 1.54) is 0 Å². The molecule has 4 atom stereocenters. The zero-order chi connectivity index (χ0) is 18.4. The summed E-state index contributed by atoms with van der Waals surface area (Å²) in [5.74, 6) is -2.58. The van der Waals surface area contributed by atoms with Crippen LogP contribution in [-0.2, 0) is 4.74 Å². The maximum absolute atomic E-state index is 13.5. The van der Waals surface area contributed by atoms with Crippen LogP contribution in [0.3, 0.4) is 0 Å². The summed E-state index contributed by atoms with van der Waals surface area (Å²) in [6.07, 6.45) is -7.19. The molecule has 134 valence electrons. The van der Waals surface area contributed by atoms with E-state index < -0.39 is 36.8 Å². The Labute approximate surface area is 136 Å². The minimum atomic E-state index is -4.94. The summed E-state index contributed by atoms with van der Waals surface area (Å²) < 4.78 is 46.6. The first-order chi connectivity index (χ1) is 11.7. The third kappa shape index (κ3) is 2.51. The van der Waals surface area contributed by atoms with Gasteiger partial charge in [0, 0.05) is 4.91 Å². The van der Waals surface area contributed by atoms with Gasteiger partial charge in [0.05, 0.1) is 12.9 Å². The van der Waals surface area contributed by atoms with Crippen LogP contribution in [0.2, 0.25) is 0 Å². The normalized spacial score (nSPS) is 29.7. The number of aromatic nitrogens is 4. The van der Waals surface area contributed by atoms with Gasteiger partial charge in [-0.25, -0.2) is 15.0 Å². The standard InChI is InChI=1S/C11H11F3N8O3/c12-11(13,14)4-6(24)10(1-23,20-21-16)25-9(4)22-3-19-5-7(15)17-2-18-8(5)22/h2-4,6,9,23-24H,1H2,(H2,15,17,18)/t4-,6-,9+,10?/m0/s1. The molecule has 2 aromatic heterocycles. The van der Waals surface area contributed by atoms with Crippen LogP contribution < -0.4 is 5.73 Å². The monoisotopic (exact) mass is 360 g/mol. The predicted octanol–water partition coefficient (Wildman–Crippen LogP) is 0.476. The lowest BCUT2D eigenvalue weighted by atomic mass is 9.95. The van der Waals surface area contributed by atoms with E-state index in [1.54, 1.807) is 0 Å². The Morgan fingerprint density at radius 2 is 2.16 bits per heavy atom. The largest absolute Gasteiger partial charge is 0.398 e. The third-order valence-corrected chi connectivity index (χ3v) is 3.91. The van der Waals surface area contributed by atoms with Gasteiger partial charge in [-0.3, -0.25) is 4.57 Å². The molecule has 1 aliphatic heterocycles. The van der Waals surface area contributed by atoms with Crippen molar-refractivity contribution in [1.29, 1.82) is 0 Å². The minimum absolute atomic E-state index is 0.0341. The number of hydrogen-bond donors (Lipinski definition) is 3. The van der Waals surface area contributed by atoms with Gasteiger partial charge in [-0.05, 0) is 5.53 Å². The van der Waals surface area contributed by atoms with Crippen molar-refractivity contribution in [2.75, 3.05) is 12.3 Å². The summed E-state index contributed by atoms with van der Waals surface area (Å²) in [5, 5.41) is 22.5. The van der Waals surface area contributed by atoms with E-state index in [9.17, 15) is 23.4 Å². The van der Waals surface area contributed by atoms with Crippen molar-refractivity contribution < 1.29 is 28.1 Å². The van der Waals surface area contributed by atoms with Crippen LogP contribution in [0.25, 0.3) is 21.6 Å². The summed E-state index contributed by atoms with van der Waals surface area (Å²) in [4.78, 5) is 13.7. The number of fused-ring (bicyclic) bond motifs is 1. The average molecular weight is 360 g/mol. The quantitative estimate of drug-likeness (QED) is 0.406. The maximum Gasteiger partial charge on any atom is 0.398 e. The van der Waals surface area contributed by atoms with Crippen LogP contribution in [0.5, 0.6) is 0 Å². The molecule has 25 heavy (non-hydrogen) atoms. The summed E-state index contributed by atoms with van der Waals surface area (Å²) in [5.41, 5.74) is 11.6. The first-order valence-electron chi connectivity index (χ1n) is 6.78. The fraction of sp³-hybridized carbons (Fsp3) is 0.545. The highest BCUT2D eigenvalue weighted by atomic mass is 19.4. The average Bonchev–Trinajstić information content (AvgIpc) is 3.08. The molecule has 3 rings (SSSR count). The number of nitrogen functional groups attached to an aromatic ring is 1. The number of nitrogens with zero attached hydrogens (tertiary/aromatic N) is 7. The van der Waals surface area contributed by atoms with Crippen molar-refractivity contribution >= 4 is 17.0 Å². The van der Waals surface area contributed by atoms with Gasteiger partial charge in [-0.15, -0.1) is 0 Å². The first-order valence-corrected chi connectivity index (χ1v) is 6.78. The third-order valence-electron chi connectivity index (χ3n) is 3.91. The molecular weight excluding hydrogens is 349 g/mol. The molecule has 0 radical (unpaired) electrons. The van der Waals surface area contributed by atoms with Crippen LogP contribution in [0, 0.1) is 5.92 Å². The molecule has 0 spiro atoms. The van der Waals surface area contributed by atoms with Crippen molar-refractivity contribution in [3.05, 3.63) is 23.1 Å². The van der Waals surface area contributed by atoms with E-state index in [1.807, 2.05) is 0 Å². The van der Waals surface area contributed by atoms with Crippen LogP contribution in [0.1, 0.15) is 6.23 Å². The van der Waals surface area contributed by atoms with E-state index in [4.69, 9.17) is 16.0 Å². The SMILES string of the molecule is [N-]=[N+]=NC1(CO)O[C@@H](n2cnc3c(N)ncnc32)[C@@H](C(F)(F)F)[C@@H]1O. The van der Waals surface area contributed by atoms with Crippen LogP contribution in [0.15, 0.2) is 17.8 Å². The summed E-state index contributed by atoms with van der Waals surface area (Å²) in [6.45, 7) is -1.16. The fourth-order valence-corrected chi connectivity index (χ4v) is 2.74. The number of imidazole rings is 1. The molecule has 0 bridgehead atoms. The molecule has 1 fully saturated rings. The number of ether oxygens (including phenoxy) is 1. The molecule has 4 N–H and O–H groups in total. The molecule has 2 aromatic rings. The van der Waals surface area contributed by atoms with Gasteiger partial charge in [0.25, 0.3) is 0 Å². The van der Waals surface area contributed by atoms with Gasteiger partial charge in [0.2, 0.25) is 0 Å². The molecule has 0 saturated carbocycles. The predicted molar refractivity (Wildman–Crippen MR) is 74.4 cm³/mol. The van der Waals surface area contributed by atoms with E-state index in [2.05, 4.69) is 25.0 Å². The molecule has 3 heterocycles. The number of alkyl halides is 3. The first kappa shape index (κ1) is 17.2. The van der Waals surface area contributed by atoms with Gasteiger partial charge < -0.3 is 20.7 Å². The Morgan fingerprint density at radius 1 is 1.44 bits per heavy atom. The summed E-state index contributed by atoms with van der Waals surface area (Å²) in [6, 6.07) is 0. The number of rotatable bonds is 3. The number of anilines is 1. The lowest BCUT2D eigenvalue weighted by Gasteiger charge is -2.25. The second kappa shape index (κ2) is 5.70. The second-order valence-corrected chi connectivity index (χ2v) is 5.30. The second-order valence-electron chi connectivity index (χ2n) is 5.30. The fourth-order valence-electron chi connectivity index (χ4n) is 2.74. The van der Waals surface area contributed by atoms with Crippen molar-refractivity contribution in [1.82, 2.24) is 19.5 Å². The lowest BCUT2D eigenvalue weighted by molar-refractivity contribution is -0.210. The maximum atomic E-state index is 13.5. The van der Waals surface area contributed by atoms with Crippen LogP contribution in [-0.4, -0.2) is 54.3 Å². The van der Waals surface area contributed by atoms with E-state index in [0.29, 0.717) is 0 Å². The lowest BCUT2D eigenvalue weighted by Crippen LogP contribution is -2.46. The van der Waals surface area contributed by atoms with Crippen molar-refractivity contribution in [2.24, 2.45) is 11.0 Å². The van der Waals surface area contributed by atoms with Gasteiger partial charge >= 0.3 is 6.18 Å². The van der Waals surface area contributed by atoms with Gasteiger partial charge in [0.1, 0.15) is 23.9 Å². The number of nitrogens with two attached hydrogens (primary N) is 1. The summed E-state index contributed by atoms with van der Waals surface area (Å²) in [7, 11) is 0. The Kier molecular flexibility index (Phi) is 3.91. The molecule has 1 saturated heterocycles.